The van der Waals surface area contributed by atoms with Crippen molar-refractivity contribution in [1.29, 1.82) is 0 Å². The molecular weight excluding hydrogens is 299 g/mol. The Balaban J connectivity index is 2.35. The molecule has 3 N–H and O–H groups in total. The first kappa shape index (κ1) is 14.3. The van der Waals surface area contributed by atoms with Gasteiger partial charge >= 0.3 is 6.18 Å². The van der Waals surface area contributed by atoms with Gasteiger partial charge in [-0.2, -0.15) is 13.2 Å². The zero-order valence-electron chi connectivity index (χ0n) is 9.73. The second kappa shape index (κ2) is 5.49. The van der Waals surface area contributed by atoms with E-state index in [0.717, 1.165) is 17.2 Å². The summed E-state index contributed by atoms with van der Waals surface area (Å²) in [6, 6.07) is -0.566. The molecule has 0 fully saturated rings. The first-order chi connectivity index (χ1) is 8.97. The Labute approximate surface area is 114 Å². The van der Waals surface area contributed by atoms with Gasteiger partial charge in [0.2, 0.25) is 0 Å². The highest BCUT2D eigenvalue weighted by Crippen LogP contribution is 2.36. The van der Waals surface area contributed by atoms with Crippen LogP contribution in [0, 0.1) is 0 Å². The molecule has 0 saturated heterocycles. The highest BCUT2D eigenvalue weighted by atomic mass is 32.1. The summed E-state index contributed by atoms with van der Waals surface area (Å²) in [6.45, 7) is 1.89. The zero-order chi connectivity index (χ0) is 14.0. The van der Waals surface area contributed by atoms with Crippen molar-refractivity contribution in [2.75, 3.05) is 0 Å². The van der Waals surface area contributed by atoms with Crippen LogP contribution in [0.25, 0.3) is 0 Å². The Morgan fingerprint density at radius 3 is 2.74 bits per heavy atom. The lowest BCUT2D eigenvalue weighted by Crippen LogP contribution is -2.28. The predicted octanol–water partition coefficient (Wildman–Crippen LogP) is 2.13. The number of hydrogen-bond donors (Lipinski definition) is 2. The van der Waals surface area contributed by atoms with Gasteiger partial charge in [0.15, 0.2) is 5.01 Å². The molecule has 0 bridgehead atoms. The third-order valence-corrected chi connectivity index (χ3v) is 4.34. The second-order valence-corrected chi connectivity index (χ2v) is 5.45. The number of nitrogens with one attached hydrogen (secondary N) is 1. The molecule has 1 atom stereocenters. The average molecular weight is 309 g/mol. The molecule has 0 aliphatic carbocycles. The van der Waals surface area contributed by atoms with E-state index in [2.05, 4.69) is 20.0 Å². The number of hydrogen-bond acceptors (Lipinski definition) is 7. The van der Waals surface area contributed by atoms with Gasteiger partial charge in [0.05, 0.1) is 16.6 Å². The van der Waals surface area contributed by atoms with Gasteiger partial charge in [0.1, 0.15) is 0 Å². The Morgan fingerprint density at radius 2 is 2.21 bits per heavy atom. The lowest BCUT2D eigenvalue weighted by Gasteiger charge is -2.12. The molecule has 1 unspecified atom stereocenters. The third-order valence-electron chi connectivity index (χ3n) is 2.40. The van der Waals surface area contributed by atoms with Gasteiger partial charge < -0.3 is 0 Å². The van der Waals surface area contributed by atoms with Crippen LogP contribution in [0.3, 0.4) is 0 Å². The molecule has 0 saturated carbocycles. The molecule has 0 aliphatic heterocycles. The minimum absolute atomic E-state index is 0.385. The molecule has 0 radical (unpaired) electrons. The van der Waals surface area contributed by atoms with Gasteiger partial charge in [-0.15, -0.1) is 16.4 Å². The van der Waals surface area contributed by atoms with Crippen LogP contribution in [0.15, 0.2) is 6.20 Å². The standard InChI is InChI=1S/C9H10F3N5S2/c1-2-4-7(19-17-16-4)6(15-13)5-3-14-8(18-5)9(10,11)12/h3,6,15H,2,13H2,1H3. The van der Waals surface area contributed by atoms with Crippen LogP contribution in [-0.4, -0.2) is 14.6 Å². The van der Waals surface area contributed by atoms with Crippen LogP contribution in [-0.2, 0) is 12.6 Å². The van der Waals surface area contributed by atoms with Crippen LogP contribution in [0.2, 0.25) is 0 Å². The Hall–Kier alpha value is -1.10. The summed E-state index contributed by atoms with van der Waals surface area (Å²) in [6.07, 6.45) is -2.63. The summed E-state index contributed by atoms with van der Waals surface area (Å²) < 4.78 is 41.4. The van der Waals surface area contributed by atoms with E-state index in [9.17, 15) is 13.2 Å². The van der Waals surface area contributed by atoms with Gasteiger partial charge in [0.25, 0.3) is 0 Å². The molecule has 0 aliphatic rings. The summed E-state index contributed by atoms with van der Waals surface area (Å²) in [5, 5.41) is 3.03. The summed E-state index contributed by atoms with van der Waals surface area (Å²) in [7, 11) is 0. The average Bonchev–Trinajstić information content (AvgIpc) is 2.97. The van der Waals surface area contributed by atoms with Crippen LogP contribution in [0.5, 0.6) is 0 Å². The molecule has 2 aromatic rings. The second-order valence-electron chi connectivity index (χ2n) is 3.60. The Kier molecular flexibility index (Phi) is 4.13. The molecular formula is C9H10F3N5S2. The summed E-state index contributed by atoms with van der Waals surface area (Å²) in [4.78, 5) is 4.48. The van der Waals surface area contributed by atoms with Crippen LogP contribution in [0.1, 0.15) is 33.4 Å². The smallest absolute Gasteiger partial charge is 0.271 e. The molecule has 104 valence electrons. The number of rotatable bonds is 4. The summed E-state index contributed by atoms with van der Waals surface area (Å²) in [5.41, 5.74) is 3.21. The highest BCUT2D eigenvalue weighted by molar-refractivity contribution is 7.12. The van der Waals surface area contributed by atoms with E-state index < -0.39 is 17.2 Å². The zero-order valence-corrected chi connectivity index (χ0v) is 11.4. The topological polar surface area (TPSA) is 76.7 Å². The maximum Gasteiger partial charge on any atom is 0.443 e. The van der Waals surface area contributed by atoms with Gasteiger partial charge in [-0.25, -0.2) is 10.4 Å². The molecule has 2 heterocycles. The summed E-state index contributed by atoms with van der Waals surface area (Å²) >= 11 is 1.67. The van der Waals surface area contributed by atoms with Crippen molar-refractivity contribution in [3.8, 4) is 0 Å². The van der Waals surface area contributed by atoms with Crippen molar-refractivity contribution >= 4 is 22.9 Å². The van der Waals surface area contributed by atoms with E-state index in [1.807, 2.05) is 6.92 Å². The predicted molar refractivity (Wildman–Crippen MR) is 65.6 cm³/mol. The van der Waals surface area contributed by atoms with E-state index in [0.29, 0.717) is 27.5 Å². The number of alkyl halides is 3. The number of halogens is 3. The number of thiazole rings is 1. The van der Waals surface area contributed by atoms with Crippen LogP contribution < -0.4 is 11.3 Å². The molecule has 19 heavy (non-hydrogen) atoms. The van der Waals surface area contributed by atoms with Crippen molar-refractivity contribution < 1.29 is 13.2 Å². The minimum Gasteiger partial charge on any atom is -0.271 e. The van der Waals surface area contributed by atoms with E-state index in [1.54, 1.807) is 0 Å². The van der Waals surface area contributed by atoms with Crippen molar-refractivity contribution in [3.63, 3.8) is 0 Å². The maximum absolute atomic E-state index is 12.5. The maximum atomic E-state index is 12.5. The number of nitrogens with two attached hydrogens (primary N) is 1. The van der Waals surface area contributed by atoms with Gasteiger partial charge in [-0.3, -0.25) is 5.84 Å². The third kappa shape index (κ3) is 2.91. The number of nitrogens with zero attached hydrogens (tertiary/aromatic N) is 3. The van der Waals surface area contributed by atoms with Crippen molar-refractivity contribution in [2.24, 2.45) is 5.84 Å². The van der Waals surface area contributed by atoms with Crippen LogP contribution in [0.4, 0.5) is 13.2 Å². The normalized spacial score (nSPS) is 13.7. The van der Waals surface area contributed by atoms with Crippen molar-refractivity contribution in [3.05, 3.63) is 26.7 Å². The van der Waals surface area contributed by atoms with Gasteiger partial charge in [-0.1, -0.05) is 11.4 Å². The van der Waals surface area contributed by atoms with E-state index >= 15 is 0 Å². The highest BCUT2D eigenvalue weighted by Gasteiger charge is 2.35. The summed E-state index contributed by atoms with van der Waals surface area (Å²) in [5.74, 6) is 5.44. The molecule has 2 aromatic heterocycles. The first-order valence-corrected chi connectivity index (χ1v) is 6.86. The first-order valence-electron chi connectivity index (χ1n) is 5.27. The number of aromatic nitrogens is 3. The molecule has 0 aromatic carbocycles. The monoisotopic (exact) mass is 309 g/mol. The molecule has 5 nitrogen and oxygen atoms in total. The Bertz CT molecular complexity index is 550. The number of hydrazine groups is 1. The van der Waals surface area contributed by atoms with E-state index in [4.69, 9.17) is 5.84 Å². The molecule has 0 spiro atoms. The van der Waals surface area contributed by atoms with E-state index in [-0.39, 0.29) is 0 Å². The minimum atomic E-state index is -4.44. The fraction of sp³-hybridized carbons (Fsp3) is 0.444. The Morgan fingerprint density at radius 1 is 1.47 bits per heavy atom. The van der Waals surface area contributed by atoms with Crippen molar-refractivity contribution in [1.82, 2.24) is 20.0 Å². The molecule has 0 amide bonds. The lowest BCUT2D eigenvalue weighted by molar-refractivity contribution is -0.137. The quantitative estimate of drug-likeness (QED) is 0.668. The van der Waals surface area contributed by atoms with Crippen molar-refractivity contribution in [2.45, 2.75) is 25.6 Å². The van der Waals surface area contributed by atoms with Gasteiger partial charge in [0, 0.05) is 11.1 Å². The van der Waals surface area contributed by atoms with Crippen LogP contribution >= 0.6 is 22.9 Å². The lowest BCUT2D eigenvalue weighted by atomic mass is 10.1. The fourth-order valence-electron chi connectivity index (χ4n) is 1.52. The SMILES string of the molecule is CCc1nnsc1C(NN)c1cnc(C(F)(F)F)s1. The molecule has 2 rings (SSSR count). The fourth-order valence-corrected chi connectivity index (χ4v) is 3.26. The van der Waals surface area contributed by atoms with Gasteiger partial charge in [-0.05, 0) is 18.0 Å². The molecule has 10 heteroatoms. The number of aryl methyl sites for hydroxylation is 1. The van der Waals surface area contributed by atoms with E-state index in [1.165, 1.54) is 6.20 Å². The largest absolute Gasteiger partial charge is 0.443 e.